The highest BCUT2D eigenvalue weighted by Crippen LogP contribution is 2.27. The molecule has 5 heteroatoms. The zero-order chi connectivity index (χ0) is 14.5. The van der Waals surface area contributed by atoms with Gasteiger partial charge in [0.15, 0.2) is 0 Å². The van der Waals surface area contributed by atoms with Crippen LogP contribution in [0.3, 0.4) is 0 Å². The number of amides is 1. The number of hydrogen-bond donors (Lipinski definition) is 1. The van der Waals surface area contributed by atoms with E-state index >= 15 is 0 Å². The van der Waals surface area contributed by atoms with Crippen LogP contribution >= 0.6 is 12.2 Å². The van der Waals surface area contributed by atoms with Crippen molar-refractivity contribution in [2.75, 3.05) is 26.2 Å². The van der Waals surface area contributed by atoms with E-state index in [1.165, 1.54) is 32.1 Å². The van der Waals surface area contributed by atoms with E-state index in [1.807, 2.05) is 11.8 Å². The van der Waals surface area contributed by atoms with E-state index in [1.54, 1.807) is 0 Å². The zero-order valence-electron chi connectivity index (χ0n) is 12.5. The second-order valence-corrected chi connectivity index (χ2v) is 6.67. The van der Waals surface area contributed by atoms with Crippen LogP contribution in [0.4, 0.5) is 0 Å². The SMILES string of the molecule is CC(C(N)=S)N1CCN(C(=O)CC2CCCCC2)CC1. The lowest BCUT2D eigenvalue weighted by Crippen LogP contribution is -2.54. The third kappa shape index (κ3) is 4.16. The Hall–Kier alpha value is -0.680. The standard InChI is InChI=1S/C15H27N3OS/c1-12(15(16)20)17-7-9-18(10-8-17)14(19)11-13-5-3-2-4-6-13/h12-13H,2-11H2,1H3,(H2,16,20). The van der Waals surface area contributed by atoms with Gasteiger partial charge >= 0.3 is 0 Å². The summed E-state index contributed by atoms with van der Waals surface area (Å²) in [4.78, 5) is 17.2. The first-order valence-electron chi connectivity index (χ1n) is 7.89. The predicted octanol–water partition coefficient (Wildman–Crippen LogP) is 1.78. The van der Waals surface area contributed by atoms with E-state index in [-0.39, 0.29) is 6.04 Å². The Morgan fingerprint density at radius 3 is 2.35 bits per heavy atom. The number of thiocarbonyl (C=S) groups is 1. The Morgan fingerprint density at radius 1 is 1.20 bits per heavy atom. The van der Waals surface area contributed by atoms with Gasteiger partial charge in [0.1, 0.15) is 0 Å². The zero-order valence-corrected chi connectivity index (χ0v) is 13.3. The smallest absolute Gasteiger partial charge is 0.222 e. The highest BCUT2D eigenvalue weighted by atomic mass is 32.1. The van der Waals surface area contributed by atoms with Gasteiger partial charge in [-0.3, -0.25) is 9.69 Å². The van der Waals surface area contributed by atoms with Crippen molar-refractivity contribution in [2.45, 2.75) is 51.5 Å². The summed E-state index contributed by atoms with van der Waals surface area (Å²) in [7, 11) is 0. The van der Waals surface area contributed by atoms with Crippen LogP contribution in [-0.4, -0.2) is 52.9 Å². The molecule has 1 atom stereocenters. The van der Waals surface area contributed by atoms with Gasteiger partial charge in [0.05, 0.1) is 11.0 Å². The maximum atomic E-state index is 12.3. The molecule has 2 aliphatic rings. The monoisotopic (exact) mass is 297 g/mol. The van der Waals surface area contributed by atoms with E-state index in [0.717, 1.165) is 32.6 Å². The second-order valence-electron chi connectivity index (χ2n) is 6.20. The molecule has 2 rings (SSSR count). The van der Waals surface area contributed by atoms with Gasteiger partial charge in [-0.2, -0.15) is 0 Å². The lowest BCUT2D eigenvalue weighted by Gasteiger charge is -2.38. The Balaban J connectivity index is 1.75. The summed E-state index contributed by atoms with van der Waals surface area (Å²) in [6.45, 7) is 5.45. The van der Waals surface area contributed by atoms with Crippen LogP contribution in [-0.2, 0) is 4.79 Å². The van der Waals surface area contributed by atoms with Crippen molar-refractivity contribution in [3.63, 3.8) is 0 Å². The summed E-state index contributed by atoms with van der Waals surface area (Å²) in [6, 6.07) is 0.139. The van der Waals surface area contributed by atoms with Crippen molar-refractivity contribution < 1.29 is 4.79 Å². The molecule has 0 bridgehead atoms. The van der Waals surface area contributed by atoms with E-state index in [9.17, 15) is 4.79 Å². The van der Waals surface area contributed by atoms with Crippen molar-refractivity contribution >= 4 is 23.1 Å². The van der Waals surface area contributed by atoms with Crippen LogP contribution in [0.25, 0.3) is 0 Å². The normalized spacial score (nSPS) is 23.6. The molecule has 2 N–H and O–H groups in total. The molecule has 4 nitrogen and oxygen atoms in total. The number of piperazine rings is 1. The van der Waals surface area contributed by atoms with E-state index in [4.69, 9.17) is 18.0 Å². The molecule has 0 radical (unpaired) electrons. The minimum absolute atomic E-state index is 0.139. The molecule has 0 aromatic carbocycles. The van der Waals surface area contributed by atoms with Gasteiger partial charge in [-0.05, 0) is 25.7 Å². The van der Waals surface area contributed by atoms with Gasteiger partial charge < -0.3 is 10.6 Å². The van der Waals surface area contributed by atoms with Gasteiger partial charge in [-0.25, -0.2) is 0 Å². The third-order valence-electron chi connectivity index (χ3n) is 4.81. The van der Waals surface area contributed by atoms with E-state index < -0.39 is 0 Å². The van der Waals surface area contributed by atoms with Crippen molar-refractivity contribution in [1.29, 1.82) is 0 Å². The van der Waals surface area contributed by atoms with Crippen LogP contribution in [0, 0.1) is 5.92 Å². The molecule has 1 heterocycles. The number of nitrogens with zero attached hydrogens (tertiary/aromatic N) is 2. The van der Waals surface area contributed by atoms with Gasteiger partial charge in [0.25, 0.3) is 0 Å². The van der Waals surface area contributed by atoms with Crippen LogP contribution in [0.1, 0.15) is 45.4 Å². The van der Waals surface area contributed by atoms with Gasteiger partial charge in [0.2, 0.25) is 5.91 Å². The largest absolute Gasteiger partial charge is 0.392 e. The minimum atomic E-state index is 0.139. The Bertz CT molecular complexity index is 347. The van der Waals surface area contributed by atoms with Gasteiger partial charge in [0, 0.05) is 32.6 Å². The van der Waals surface area contributed by atoms with Gasteiger partial charge in [-0.15, -0.1) is 0 Å². The summed E-state index contributed by atoms with van der Waals surface area (Å²) in [6.07, 6.45) is 7.19. The maximum Gasteiger partial charge on any atom is 0.222 e. The number of carbonyl (C=O) groups is 1. The van der Waals surface area contributed by atoms with Crippen LogP contribution in [0.5, 0.6) is 0 Å². The number of rotatable bonds is 4. The Kier molecular flexibility index (Phi) is 5.78. The highest BCUT2D eigenvalue weighted by Gasteiger charge is 2.26. The lowest BCUT2D eigenvalue weighted by molar-refractivity contribution is -0.134. The van der Waals surface area contributed by atoms with Crippen molar-refractivity contribution in [1.82, 2.24) is 9.80 Å². The molecule has 2 fully saturated rings. The first-order valence-corrected chi connectivity index (χ1v) is 8.30. The summed E-state index contributed by atoms with van der Waals surface area (Å²) in [5.41, 5.74) is 5.69. The fourth-order valence-corrected chi connectivity index (χ4v) is 3.45. The van der Waals surface area contributed by atoms with Crippen molar-refractivity contribution in [3.05, 3.63) is 0 Å². The lowest BCUT2D eigenvalue weighted by atomic mass is 9.86. The van der Waals surface area contributed by atoms with Crippen molar-refractivity contribution in [2.24, 2.45) is 11.7 Å². The Morgan fingerprint density at radius 2 is 1.80 bits per heavy atom. The topological polar surface area (TPSA) is 49.6 Å². The fraction of sp³-hybridized carbons (Fsp3) is 0.867. The molecule has 0 spiro atoms. The number of nitrogens with two attached hydrogens (primary N) is 1. The molecule has 1 amide bonds. The molecule has 1 saturated carbocycles. The van der Waals surface area contributed by atoms with Crippen LogP contribution in [0.2, 0.25) is 0 Å². The Labute approximate surface area is 127 Å². The molecule has 1 unspecified atom stereocenters. The highest BCUT2D eigenvalue weighted by molar-refractivity contribution is 7.80. The van der Waals surface area contributed by atoms with Crippen LogP contribution in [0.15, 0.2) is 0 Å². The van der Waals surface area contributed by atoms with E-state index in [0.29, 0.717) is 16.8 Å². The minimum Gasteiger partial charge on any atom is -0.392 e. The molecule has 0 aromatic heterocycles. The van der Waals surface area contributed by atoms with Gasteiger partial charge in [-0.1, -0.05) is 31.5 Å². The quantitative estimate of drug-likeness (QED) is 0.804. The molecule has 0 aromatic rings. The van der Waals surface area contributed by atoms with Crippen molar-refractivity contribution in [3.8, 4) is 0 Å². The first-order chi connectivity index (χ1) is 9.58. The summed E-state index contributed by atoms with van der Waals surface area (Å²) < 4.78 is 0. The van der Waals surface area contributed by atoms with Crippen LogP contribution < -0.4 is 5.73 Å². The molecule has 1 aliphatic heterocycles. The number of hydrogen-bond acceptors (Lipinski definition) is 3. The fourth-order valence-electron chi connectivity index (χ4n) is 3.31. The van der Waals surface area contributed by atoms with E-state index in [2.05, 4.69) is 4.90 Å². The molecular formula is C15H27N3OS. The molecule has 1 aliphatic carbocycles. The molecule has 114 valence electrons. The maximum absolute atomic E-state index is 12.3. The summed E-state index contributed by atoms with van der Waals surface area (Å²) in [5.74, 6) is 0.976. The second kappa shape index (κ2) is 7.36. The summed E-state index contributed by atoms with van der Waals surface area (Å²) >= 11 is 5.04. The molecule has 20 heavy (non-hydrogen) atoms. The molecule has 1 saturated heterocycles. The number of carbonyl (C=O) groups excluding carboxylic acids is 1. The first kappa shape index (κ1) is 15.7. The summed E-state index contributed by atoms with van der Waals surface area (Å²) in [5, 5.41) is 0. The average Bonchev–Trinajstić information content (AvgIpc) is 2.47. The third-order valence-corrected chi connectivity index (χ3v) is 5.16. The molecular weight excluding hydrogens is 270 g/mol. The predicted molar refractivity (Wildman–Crippen MR) is 85.6 cm³/mol. The average molecular weight is 297 g/mol.